The molecule has 0 radical (unpaired) electrons. The Morgan fingerprint density at radius 3 is 0.944 bits per heavy atom. The number of hydrogen-bond acceptors (Lipinski definition) is 1. The maximum absolute atomic E-state index is 5.63. The first-order valence-corrected chi connectivity index (χ1v) is 17.2. The van der Waals surface area contributed by atoms with Crippen LogP contribution in [0.1, 0.15) is 206 Å². The minimum atomic E-state index is 0.906. The highest BCUT2D eigenvalue weighted by Crippen LogP contribution is 2.15. The van der Waals surface area contributed by atoms with Gasteiger partial charge in [0.15, 0.2) is 0 Å². The second-order valence-corrected chi connectivity index (χ2v) is 11.6. The van der Waals surface area contributed by atoms with E-state index in [0.717, 1.165) is 6.61 Å². The molecule has 36 heavy (non-hydrogen) atoms. The highest BCUT2D eigenvalue weighted by atomic mass is 16.5. The molecule has 0 rings (SSSR count). The lowest BCUT2D eigenvalue weighted by molar-refractivity contribution is 0.239. The van der Waals surface area contributed by atoms with Crippen LogP contribution in [0.15, 0.2) is 12.3 Å². The number of unbranched alkanes of at least 4 members (excludes halogenated alkanes) is 28. The third-order valence-corrected chi connectivity index (χ3v) is 7.78. The fourth-order valence-corrected chi connectivity index (χ4v) is 5.22. The Hall–Kier alpha value is -0.460. The maximum atomic E-state index is 5.63. The summed E-state index contributed by atoms with van der Waals surface area (Å²) in [5.41, 5.74) is 0. The summed E-state index contributed by atoms with van der Waals surface area (Å²) >= 11 is 0. The zero-order valence-electron chi connectivity index (χ0n) is 25.5. The summed E-state index contributed by atoms with van der Waals surface area (Å²) < 4.78 is 5.63. The molecule has 0 saturated heterocycles. The van der Waals surface area contributed by atoms with Gasteiger partial charge in [0.25, 0.3) is 0 Å². The van der Waals surface area contributed by atoms with Crippen molar-refractivity contribution in [3.63, 3.8) is 0 Å². The van der Waals surface area contributed by atoms with Crippen LogP contribution in [0.2, 0.25) is 0 Å². The molecule has 0 saturated carbocycles. The van der Waals surface area contributed by atoms with E-state index >= 15 is 0 Å². The third-order valence-electron chi connectivity index (χ3n) is 7.78. The Morgan fingerprint density at radius 2 is 0.611 bits per heavy atom. The summed E-state index contributed by atoms with van der Waals surface area (Å²) in [6.45, 7) is 5.49. The summed E-state index contributed by atoms with van der Waals surface area (Å²) in [4.78, 5) is 0. The van der Waals surface area contributed by atoms with Crippen LogP contribution in [0.5, 0.6) is 0 Å². The number of hydrogen-bond donors (Lipinski definition) is 0. The normalized spacial score (nSPS) is 11.6. The van der Waals surface area contributed by atoms with E-state index in [4.69, 9.17) is 4.74 Å². The van der Waals surface area contributed by atoms with Gasteiger partial charge in [0.1, 0.15) is 0 Å². The lowest BCUT2D eigenvalue weighted by Gasteiger charge is -2.04. The fourth-order valence-electron chi connectivity index (χ4n) is 5.22. The van der Waals surface area contributed by atoms with E-state index < -0.39 is 0 Å². The Kier molecular flexibility index (Phi) is 34.1. The molecule has 0 amide bonds. The van der Waals surface area contributed by atoms with Crippen molar-refractivity contribution in [2.75, 3.05) is 6.61 Å². The predicted molar refractivity (Wildman–Crippen MR) is 165 cm³/mol. The SMILES string of the molecule is CCCCCCCCCCCCCCCCCCCCCCCCC=COCCCCCCCCC. The van der Waals surface area contributed by atoms with Crippen LogP contribution in [-0.2, 0) is 4.74 Å². The topological polar surface area (TPSA) is 9.23 Å². The second kappa shape index (κ2) is 34.5. The van der Waals surface area contributed by atoms with Crippen molar-refractivity contribution >= 4 is 0 Å². The van der Waals surface area contributed by atoms with E-state index in [9.17, 15) is 0 Å². The Morgan fingerprint density at radius 1 is 0.333 bits per heavy atom. The Bertz CT molecular complexity index is 388. The molecule has 1 nitrogen and oxygen atoms in total. The summed E-state index contributed by atoms with van der Waals surface area (Å²) in [6.07, 6.45) is 46.9. The number of rotatable bonds is 32. The van der Waals surface area contributed by atoms with Gasteiger partial charge in [-0.05, 0) is 25.3 Å². The monoisotopic (exact) mass is 507 g/mol. The molecule has 0 bridgehead atoms. The van der Waals surface area contributed by atoms with Crippen LogP contribution in [-0.4, -0.2) is 6.61 Å². The molecule has 1 heteroatoms. The van der Waals surface area contributed by atoms with Gasteiger partial charge in [-0.3, -0.25) is 0 Å². The summed E-state index contributed by atoms with van der Waals surface area (Å²) in [7, 11) is 0. The van der Waals surface area contributed by atoms with Gasteiger partial charge in [0, 0.05) is 0 Å². The van der Waals surface area contributed by atoms with E-state index in [0.29, 0.717) is 0 Å². The molecule has 0 aromatic heterocycles. The zero-order valence-corrected chi connectivity index (χ0v) is 25.5. The minimum Gasteiger partial charge on any atom is -0.502 e. The lowest BCUT2D eigenvalue weighted by atomic mass is 10.0. The third kappa shape index (κ3) is 33.5. The van der Waals surface area contributed by atoms with Gasteiger partial charge in [-0.15, -0.1) is 0 Å². The molecule has 0 N–H and O–H groups in total. The molecular weight excluding hydrogens is 436 g/mol. The van der Waals surface area contributed by atoms with Gasteiger partial charge in [-0.2, -0.15) is 0 Å². The van der Waals surface area contributed by atoms with E-state index in [2.05, 4.69) is 19.9 Å². The molecule has 216 valence electrons. The molecule has 0 aliphatic heterocycles. The molecule has 0 spiro atoms. The summed E-state index contributed by atoms with van der Waals surface area (Å²) in [5.74, 6) is 0. The van der Waals surface area contributed by atoms with Crippen LogP contribution in [0.3, 0.4) is 0 Å². The highest BCUT2D eigenvalue weighted by molar-refractivity contribution is 4.73. The largest absolute Gasteiger partial charge is 0.502 e. The summed E-state index contributed by atoms with van der Waals surface area (Å²) in [5, 5.41) is 0. The fraction of sp³-hybridized carbons (Fsp3) is 0.943. The first-order valence-electron chi connectivity index (χ1n) is 17.2. The van der Waals surface area contributed by atoms with Crippen molar-refractivity contribution < 1.29 is 4.74 Å². The van der Waals surface area contributed by atoms with Crippen LogP contribution in [0.4, 0.5) is 0 Å². The standard InChI is InChI=1S/C35H70O/c1-3-5-7-9-11-12-13-14-15-16-17-18-19-20-21-22-23-24-25-26-27-29-31-33-35-36-34-32-30-28-10-8-6-4-2/h33,35H,3-32,34H2,1-2H3. The molecule has 0 aromatic carbocycles. The summed E-state index contributed by atoms with van der Waals surface area (Å²) in [6, 6.07) is 0. The average molecular weight is 507 g/mol. The van der Waals surface area contributed by atoms with Crippen LogP contribution in [0, 0.1) is 0 Å². The lowest BCUT2D eigenvalue weighted by Crippen LogP contribution is -1.88. The maximum Gasteiger partial charge on any atom is 0.0873 e. The van der Waals surface area contributed by atoms with E-state index in [1.807, 2.05) is 6.26 Å². The van der Waals surface area contributed by atoms with E-state index in [1.165, 1.54) is 193 Å². The van der Waals surface area contributed by atoms with Gasteiger partial charge in [0.05, 0.1) is 12.9 Å². The van der Waals surface area contributed by atoms with Crippen molar-refractivity contribution in [1.82, 2.24) is 0 Å². The van der Waals surface area contributed by atoms with Crippen LogP contribution < -0.4 is 0 Å². The van der Waals surface area contributed by atoms with Gasteiger partial charge < -0.3 is 4.74 Å². The van der Waals surface area contributed by atoms with Gasteiger partial charge in [0.2, 0.25) is 0 Å². The smallest absolute Gasteiger partial charge is 0.0873 e. The molecule has 0 aromatic rings. The van der Waals surface area contributed by atoms with Crippen molar-refractivity contribution in [1.29, 1.82) is 0 Å². The molecule has 0 unspecified atom stereocenters. The van der Waals surface area contributed by atoms with Gasteiger partial charge >= 0.3 is 0 Å². The van der Waals surface area contributed by atoms with E-state index in [-0.39, 0.29) is 0 Å². The van der Waals surface area contributed by atoms with Crippen LogP contribution >= 0.6 is 0 Å². The second-order valence-electron chi connectivity index (χ2n) is 11.6. The molecule has 0 fully saturated rings. The van der Waals surface area contributed by atoms with Crippen LogP contribution in [0.25, 0.3) is 0 Å². The molecule has 0 aliphatic rings. The quantitative estimate of drug-likeness (QED) is 0.0651. The first-order chi connectivity index (χ1) is 17.9. The molecule has 0 heterocycles. The molecule has 0 aliphatic carbocycles. The predicted octanol–water partition coefficient (Wildman–Crippen LogP) is 13.3. The highest BCUT2D eigenvalue weighted by Gasteiger charge is 1.96. The average Bonchev–Trinajstić information content (AvgIpc) is 2.89. The number of ether oxygens (including phenoxy) is 1. The first kappa shape index (κ1) is 35.5. The van der Waals surface area contributed by atoms with Gasteiger partial charge in [-0.1, -0.05) is 187 Å². The minimum absolute atomic E-state index is 0.906. The molecule has 0 atom stereocenters. The Balaban J connectivity index is 3.06. The van der Waals surface area contributed by atoms with Crippen molar-refractivity contribution in [2.24, 2.45) is 0 Å². The molecular formula is C35H70O. The van der Waals surface area contributed by atoms with E-state index in [1.54, 1.807) is 0 Å². The van der Waals surface area contributed by atoms with Crippen molar-refractivity contribution in [3.05, 3.63) is 12.3 Å². The number of allylic oxidation sites excluding steroid dienone is 1. The van der Waals surface area contributed by atoms with Gasteiger partial charge in [-0.25, -0.2) is 0 Å². The van der Waals surface area contributed by atoms with Crippen molar-refractivity contribution in [3.8, 4) is 0 Å². The zero-order chi connectivity index (χ0) is 26.0. The Labute approximate surface area is 230 Å². The van der Waals surface area contributed by atoms with Crippen molar-refractivity contribution in [2.45, 2.75) is 206 Å².